The Kier molecular flexibility index (Phi) is 4.66. The summed E-state index contributed by atoms with van der Waals surface area (Å²) in [6.07, 6.45) is 0. The third-order valence-corrected chi connectivity index (χ3v) is 10.5. The van der Waals surface area contributed by atoms with Crippen LogP contribution >= 0.6 is 56.7 Å². The van der Waals surface area contributed by atoms with Crippen molar-refractivity contribution < 1.29 is 0 Å². The van der Waals surface area contributed by atoms with Crippen molar-refractivity contribution in [3.8, 4) is 39.0 Å². The van der Waals surface area contributed by atoms with Crippen molar-refractivity contribution >= 4 is 56.7 Å². The van der Waals surface area contributed by atoms with Crippen molar-refractivity contribution in [1.82, 2.24) is 0 Å². The van der Waals surface area contributed by atoms with Crippen LogP contribution in [0.15, 0.2) is 59.3 Å². The fourth-order valence-electron chi connectivity index (χ4n) is 3.12. The number of rotatable bonds is 4. The van der Waals surface area contributed by atoms with Gasteiger partial charge in [0, 0.05) is 39.0 Å². The molecule has 0 nitrogen and oxygen atoms in total. The fraction of sp³-hybridized carbons (Fsp3) is 0.0909. The molecule has 5 aromatic rings. The molecule has 0 amide bonds. The lowest BCUT2D eigenvalue weighted by Crippen LogP contribution is -1.68. The molecule has 5 heteroatoms. The zero-order valence-corrected chi connectivity index (χ0v) is 18.9. The largest absolute Gasteiger partial charge is 0.143 e. The first-order valence-corrected chi connectivity index (χ1v) is 12.8. The third-order valence-electron chi connectivity index (χ3n) is 4.42. The molecular formula is C22H16S5. The van der Waals surface area contributed by atoms with Gasteiger partial charge in [0.2, 0.25) is 0 Å². The second kappa shape index (κ2) is 7.15. The molecule has 0 aliphatic heterocycles. The van der Waals surface area contributed by atoms with Gasteiger partial charge in [-0.3, -0.25) is 0 Å². The summed E-state index contributed by atoms with van der Waals surface area (Å²) < 4.78 is 0. The van der Waals surface area contributed by atoms with Gasteiger partial charge in [-0.1, -0.05) is 12.1 Å². The first-order valence-electron chi connectivity index (χ1n) is 8.58. The summed E-state index contributed by atoms with van der Waals surface area (Å²) in [5, 5.41) is 4.30. The van der Waals surface area contributed by atoms with Gasteiger partial charge in [-0.05, 0) is 72.1 Å². The van der Waals surface area contributed by atoms with Crippen LogP contribution in [-0.4, -0.2) is 0 Å². The van der Waals surface area contributed by atoms with E-state index in [0.717, 1.165) is 0 Å². The van der Waals surface area contributed by atoms with E-state index in [1.807, 2.05) is 56.7 Å². The lowest BCUT2D eigenvalue weighted by molar-refractivity contribution is 1.55. The standard InChI is InChI=1S/C22H16S5/c1-13-11-19(15-5-3-9-23-15)26-21(13)17-7-8-18(25-17)22-14(2)12-20(27-22)16-6-4-10-24-16/h3-12H,1-2H3. The molecular weight excluding hydrogens is 425 g/mol. The highest BCUT2D eigenvalue weighted by Crippen LogP contribution is 2.46. The van der Waals surface area contributed by atoms with Crippen molar-refractivity contribution in [3.63, 3.8) is 0 Å². The Morgan fingerprint density at radius 2 is 1.00 bits per heavy atom. The fourth-order valence-corrected chi connectivity index (χ4v) is 8.47. The molecule has 0 fully saturated rings. The molecule has 0 atom stereocenters. The van der Waals surface area contributed by atoms with E-state index >= 15 is 0 Å². The zero-order valence-electron chi connectivity index (χ0n) is 14.8. The summed E-state index contributed by atoms with van der Waals surface area (Å²) in [6, 6.07) is 17.9. The van der Waals surface area contributed by atoms with Crippen molar-refractivity contribution in [3.05, 3.63) is 70.4 Å². The minimum Gasteiger partial charge on any atom is -0.143 e. The topological polar surface area (TPSA) is 0 Å². The molecule has 0 aliphatic rings. The summed E-state index contributed by atoms with van der Waals surface area (Å²) in [7, 11) is 0. The van der Waals surface area contributed by atoms with Crippen LogP contribution in [0.2, 0.25) is 0 Å². The number of hydrogen-bond donors (Lipinski definition) is 0. The SMILES string of the molecule is Cc1cc(-c2cccs2)sc1-c1ccc(-c2sc(-c3cccs3)cc2C)s1. The molecule has 0 saturated carbocycles. The molecule has 5 aromatic heterocycles. The second-order valence-corrected chi connectivity index (χ2v) is 11.4. The minimum absolute atomic E-state index is 1.36. The van der Waals surface area contributed by atoms with Gasteiger partial charge in [-0.2, -0.15) is 0 Å². The van der Waals surface area contributed by atoms with Crippen molar-refractivity contribution in [2.75, 3.05) is 0 Å². The maximum absolute atomic E-state index is 2.33. The number of aryl methyl sites for hydroxylation is 2. The van der Waals surface area contributed by atoms with E-state index in [4.69, 9.17) is 0 Å². The van der Waals surface area contributed by atoms with E-state index in [1.54, 1.807) is 0 Å². The summed E-state index contributed by atoms with van der Waals surface area (Å²) in [4.78, 5) is 11.0. The molecule has 5 rings (SSSR count). The summed E-state index contributed by atoms with van der Waals surface area (Å²) in [6.45, 7) is 4.46. The Hall–Kier alpha value is -1.50. The van der Waals surface area contributed by atoms with Gasteiger partial charge in [-0.25, -0.2) is 0 Å². The molecule has 5 heterocycles. The minimum atomic E-state index is 1.36. The van der Waals surface area contributed by atoms with Crippen LogP contribution in [0.3, 0.4) is 0 Å². The molecule has 27 heavy (non-hydrogen) atoms. The van der Waals surface area contributed by atoms with E-state index < -0.39 is 0 Å². The quantitative estimate of drug-likeness (QED) is 0.261. The summed E-state index contributed by atoms with van der Waals surface area (Å²) >= 11 is 9.37. The zero-order chi connectivity index (χ0) is 18.4. The average Bonchev–Trinajstić information content (AvgIpc) is 3.45. The Balaban J connectivity index is 1.51. The molecule has 0 radical (unpaired) electrons. The van der Waals surface area contributed by atoms with Gasteiger partial charge in [0.1, 0.15) is 0 Å². The first-order chi connectivity index (χ1) is 13.2. The van der Waals surface area contributed by atoms with Crippen molar-refractivity contribution in [1.29, 1.82) is 0 Å². The van der Waals surface area contributed by atoms with Crippen LogP contribution in [0.1, 0.15) is 11.1 Å². The van der Waals surface area contributed by atoms with Gasteiger partial charge in [0.05, 0.1) is 0 Å². The highest BCUT2D eigenvalue weighted by molar-refractivity contribution is 7.29. The van der Waals surface area contributed by atoms with E-state index in [1.165, 1.54) is 50.1 Å². The Morgan fingerprint density at radius 3 is 1.41 bits per heavy atom. The van der Waals surface area contributed by atoms with Crippen LogP contribution in [0.4, 0.5) is 0 Å². The Bertz CT molecular complexity index is 1090. The summed E-state index contributed by atoms with van der Waals surface area (Å²) in [5.41, 5.74) is 2.75. The predicted octanol–water partition coefficient (Wildman–Crippen LogP) is 9.28. The lowest BCUT2D eigenvalue weighted by atomic mass is 10.2. The van der Waals surface area contributed by atoms with E-state index in [2.05, 4.69) is 73.1 Å². The Labute approximate surface area is 179 Å². The molecule has 0 aromatic carbocycles. The third kappa shape index (κ3) is 3.28. The van der Waals surface area contributed by atoms with Gasteiger partial charge in [-0.15, -0.1) is 56.7 Å². The molecule has 0 N–H and O–H groups in total. The van der Waals surface area contributed by atoms with E-state index in [9.17, 15) is 0 Å². The second-order valence-electron chi connectivity index (χ2n) is 6.36. The maximum atomic E-state index is 2.33. The van der Waals surface area contributed by atoms with Crippen LogP contribution in [0, 0.1) is 13.8 Å². The van der Waals surface area contributed by atoms with Crippen molar-refractivity contribution in [2.24, 2.45) is 0 Å². The van der Waals surface area contributed by atoms with E-state index in [0.29, 0.717) is 0 Å². The molecule has 0 aliphatic carbocycles. The molecule has 134 valence electrons. The van der Waals surface area contributed by atoms with Crippen LogP contribution in [-0.2, 0) is 0 Å². The van der Waals surface area contributed by atoms with Crippen molar-refractivity contribution in [2.45, 2.75) is 13.8 Å². The van der Waals surface area contributed by atoms with Gasteiger partial charge < -0.3 is 0 Å². The number of thiophene rings is 5. The Morgan fingerprint density at radius 1 is 0.519 bits per heavy atom. The monoisotopic (exact) mass is 440 g/mol. The summed E-state index contributed by atoms with van der Waals surface area (Å²) in [5.74, 6) is 0. The molecule has 0 bridgehead atoms. The molecule has 0 spiro atoms. The predicted molar refractivity (Wildman–Crippen MR) is 127 cm³/mol. The first kappa shape index (κ1) is 17.6. The lowest BCUT2D eigenvalue weighted by Gasteiger charge is -1.95. The van der Waals surface area contributed by atoms with Gasteiger partial charge in [0.15, 0.2) is 0 Å². The highest BCUT2D eigenvalue weighted by atomic mass is 32.1. The van der Waals surface area contributed by atoms with Crippen LogP contribution in [0.5, 0.6) is 0 Å². The highest BCUT2D eigenvalue weighted by Gasteiger charge is 2.15. The molecule has 0 saturated heterocycles. The maximum Gasteiger partial charge on any atom is 0.0478 e. The molecule has 0 unspecified atom stereocenters. The number of hydrogen-bond acceptors (Lipinski definition) is 5. The van der Waals surface area contributed by atoms with Crippen LogP contribution in [0.25, 0.3) is 39.0 Å². The average molecular weight is 441 g/mol. The van der Waals surface area contributed by atoms with E-state index in [-0.39, 0.29) is 0 Å². The smallest absolute Gasteiger partial charge is 0.0478 e. The normalized spacial score (nSPS) is 11.3. The van der Waals surface area contributed by atoms with Gasteiger partial charge >= 0.3 is 0 Å². The van der Waals surface area contributed by atoms with Gasteiger partial charge in [0.25, 0.3) is 0 Å². The van der Waals surface area contributed by atoms with Crippen LogP contribution < -0.4 is 0 Å².